The Morgan fingerprint density at radius 2 is 2.06 bits per heavy atom. The average Bonchev–Trinajstić information content (AvgIpc) is 2.72. The van der Waals surface area contributed by atoms with Crippen LogP contribution in [0.1, 0.15) is 0 Å². The summed E-state index contributed by atoms with van der Waals surface area (Å²) in [4.78, 5) is 10.6. The number of fused-ring (bicyclic) bond motifs is 1. The van der Waals surface area contributed by atoms with E-state index in [-0.39, 0.29) is 5.28 Å². The SMILES string of the molecule is Clc1nc(N2CCOCC2)c2occ(I)c2n1. The van der Waals surface area contributed by atoms with Gasteiger partial charge in [0.25, 0.3) is 0 Å². The van der Waals surface area contributed by atoms with Crippen molar-refractivity contribution in [2.75, 3.05) is 31.2 Å². The highest BCUT2D eigenvalue weighted by atomic mass is 127. The molecule has 2 aromatic rings. The van der Waals surface area contributed by atoms with E-state index in [1.165, 1.54) is 0 Å². The predicted octanol–water partition coefficient (Wildman–Crippen LogP) is 2.32. The van der Waals surface area contributed by atoms with E-state index in [4.69, 9.17) is 20.8 Å². The molecule has 7 heteroatoms. The molecule has 90 valence electrons. The first-order valence-corrected chi connectivity index (χ1v) is 6.64. The van der Waals surface area contributed by atoms with Crippen LogP contribution in [-0.2, 0) is 4.74 Å². The van der Waals surface area contributed by atoms with E-state index in [0.717, 1.165) is 28.0 Å². The first-order chi connectivity index (χ1) is 8.25. The topological polar surface area (TPSA) is 51.4 Å². The van der Waals surface area contributed by atoms with Gasteiger partial charge < -0.3 is 14.1 Å². The molecule has 5 nitrogen and oxygen atoms in total. The van der Waals surface area contributed by atoms with Gasteiger partial charge >= 0.3 is 0 Å². The van der Waals surface area contributed by atoms with Crippen LogP contribution in [0.4, 0.5) is 5.82 Å². The quantitative estimate of drug-likeness (QED) is 0.573. The van der Waals surface area contributed by atoms with E-state index >= 15 is 0 Å². The Labute approximate surface area is 116 Å². The lowest BCUT2D eigenvalue weighted by Gasteiger charge is -2.27. The maximum absolute atomic E-state index is 5.95. The van der Waals surface area contributed by atoms with Crippen LogP contribution in [0.3, 0.4) is 0 Å². The summed E-state index contributed by atoms with van der Waals surface area (Å²) >= 11 is 8.12. The third-order valence-corrected chi connectivity index (χ3v) is 3.57. The zero-order valence-corrected chi connectivity index (χ0v) is 11.7. The zero-order valence-electron chi connectivity index (χ0n) is 8.82. The summed E-state index contributed by atoms with van der Waals surface area (Å²) in [5.74, 6) is 0.756. The van der Waals surface area contributed by atoms with Gasteiger partial charge in [-0.25, -0.2) is 4.98 Å². The number of anilines is 1. The second-order valence-corrected chi connectivity index (χ2v) is 5.18. The summed E-state index contributed by atoms with van der Waals surface area (Å²) in [6.45, 7) is 2.97. The number of halogens is 2. The van der Waals surface area contributed by atoms with Crippen LogP contribution < -0.4 is 4.90 Å². The number of rotatable bonds is 1. The number of furan rings is 1. The van der Waals surface area contributed by atoms with E-state index in [1.54, 1.807) is 6.26 Å². The minimum absolute atomic E-state index is 0.248. The Balaban J connectivity index is 2.13. The molecule has 3 rings (SSSR count). The van der Waals surface area contributed by atoms with Gasteiger partial charge in [0.2, 0.25) is 5.28 Å². The molecule has 0 aliphatic carbocycles. The summed E-state index contributed by atoms with van der Waals surface area (Å²) in [5, 5.41) is 0.248. The van der Waals surface area contributed by atoms with Gasteiger partial charge in [-0.05, 0) is 34.2 Å². The summed E-state index contributed by atoms with van der Waals surface area (Å²) in [7, 11) is 0. The van der Waals surface area contributed by atoms with Gasteiger partial charge in [0.05, 0.1) is 16.8 Å². The molecule has 0 aromatic carbocycles. The first kappa shape index (κ1) is 11.5. The molecule has 1 saturated heterocycles. The van der Waals surface area contributed by atoms with Crippen molar-refractivity contribution >= 4 is 51.1 Å². The molecule has 0 spiro atoms. The molecule has 0 saturated carbocycles. The highest BCUT2D eigenvalue weighted by Gasteiger charge is 2.20. The van der Waals surface area contributed by atoms with Gasteiger partial charge in [0.1, 0.15) is 11.8 Å². The average molecular weight is 366 g/mol. The van der Waals surface area contributed by atoms with Crippen LogP contribution >= 0.6 is 34.2 Å². The van der Waals surface area contributed by atoms with Crippen molar-refractivity contribution in [2.24, 2.45) is 0 Å². The van der Waals surface area contributed by atoms with Crippen LogP contribution in [0, 0.1) is 3.57 Å². The van der Waals surface area contributed by atoms with Crippen molar-refractivity contribution in [3.8, 4) is 0 Å². The van der Waals surface area contributed by atoms with Gasteiger partial charge in [-0.2, -0.15) is 4.98 Å². The number of nitrogens with zero attached hydrogens (tertiary/aromatic N) is 3. The van der Waals surface area contributed by atoms with Crippen LogP contribution in [0.25, 0.3) is 11.1 Å². The van der Waals surface area contributed by atoms with E-state index in [2.05, 4.69) is 37.5 Å². The lowest BCUT2D eigenvalue weighted by atomic mass is 10.3. The van der Waals surface area contributed by atoms with Gasteiger partial charge in [0.15, 0.2) is 11.4 Å². The fourth-order valence-electron chi connectivity index (χ4n) is 1.84. The Morgan fingerprint density at radius 1 is 1.29 bits per heavy atom. The normalized spacial score (nSPS) is 16.7. The lowest BCUT2D eigenvalue weighted by Crippen LogP contribution is -2.36. The maximum atomic E-state index is 5.95. The molecule has 17 heavy (non-hydrogen) atoms. The van der Waals surface area contributed by atoms with Crippen LogP contribution in [0.15, 0.2) is 10.7 Å². The molecule has 0 unspecified atom stereocenters. The molecule has 0 amide bonds. The Bertz CT molecular complexity index is 554. The number of aromatic nitrogens is 2. The molecular formula is C10H9ClIN3O2. The Morgan fingerprint density at radius 3 is 2.82 bits per heavy atom. The zero-order chi connectivity index (χ0) is 11.8. The van der Waals surface area contributed by atoms with E-state index in [1.807, 2.05) is 0 Å². The lowest BCUT2D eigenvalue weighted by molar-refractivity contribution is 0.122. The van der Waals surface area contributed by atoms with Crippen molar-refractivity contribution in [3.05, 3.63) is 15.1 Å². The summed E-state index contributed by atoms with van der Waals surface area (Å²) in [5.41, 5.74) is 1.47. The van der Waals surface area contributed by atoms with Crippen LogP contribution in [0.5, 0.6) is 0 Å². The Hall–Kier alpha value is -0.600. The standard InChI is InChI=1S/C10H9ClIN3O2/c11-10-13-7-6(12)5-17-8(7)9(14-10)15-1-3-16-4-2-15/h5H,1-4H2. The third-order valence-electron chi connectivity index (χ3n) is 2.64. The monoisotopic (exact) mass is 365 g/mol. The number of hydrogen-bond acceptors (Lipinski definition) is 5. The molecule has 0 bridgehead atoms. The fraction of sp³-hybridized carbons (Fsp3) is 0.400. The number of hydrogen-bond donors (Lipinski definition) is 0. The van der Waals surface area contributed by atoms with Gasteiger partial charge in [-0.3, -0.25) is 0 Å². The molecule has 1 fully saturated rings. The molecule has 1 aliphatic rings. The third kappa shape index (κ3) is 2.09. The first-order valence-electron chi connectivity index (χ1n) is 5.18. The maximum Gasteiger partial charge on any atom is 0.225 e. The van der Waals surface area contributed by atoms with Crippen LogP contribution in [-0.4, -0.2) is 36.3 Å². The predicted molar refractivity (Wildman–Crippen MR) is 72.6 cm³/mol. The Kier molecular flexibility index (Phi) is 3.10. The van der Waals surface area contributed by atoms with Gasteiger partial charge in [-0.1, -0.05) is 0 Å². The second kappa shape index (κ2) is 4.58. The van der Waals surface area contributed by atoms with Crippen LogP contribution in [0.2, 0.25) is 5.28 Å². The smallest absolute Gasteiger partial charge is 0.225 e. The van der Waals surface area contributed by atoms with Crippen molar-refractivity contribution < 1.29 is 9.15 Å². The second-order valence-electron chi connectivity index (χ2n) is 3.68. The molecular weight excluding hydrogens is 356 g/mol. The minimum Gasteiger partial charge on any atom is -0.458 e. The molecule has 0 radical (unpaired) electrons. The molecule has 0 N–H and O–H groups in total. The van der Waals surface area contributed by atoms with E-state index < -0.39 is 0 Å². The summed E-state index contributed by atoms with van der Waals surface area (Å²) < 4.78 is 11.8. The van der Waals surface area contributed by atoms with Crippen molar-refractivity contribution in [2.45, 2.75) is 0 Å². The summed E-state index contributed by atoms with van der Waals surface area (Å²) in [6.07, 6.45) is 1.67. The largest absolute Gasteiger partial charge is 0.458 e. The highest BCUT2D eigenvalue weighted by molar-refractivity contribution is 14.1. The van der Waals surface area contributed by atoms with Crippen molar-refractivity contribution in [1.29, 1.82) is 0 Å². The number of ether oxygens (including phenoxy) is 1. The molecule has 1 aliphatic heterocycles. The molecule has 0 atom stereocenters. The number of morpholine rings is 1. The van der Waals surface area contributed by atoms with E-state index in [0.29, 0.717) is 18.8 Å². The fourth-order valence-corrected chi connectivity index (χ4v) is 2.50. The summed E-state index contributed by atoms with van der Waals surface area (Å²) in [6, 6.07) is 0. The van der Waals surface area contributed by atoms with E-state index in [9.17, 15) is 0 Å². The van der Waals surface area contributed by atoms with Gasteiger partial charge in [0, 0.05) is 13.1 Å². The molecule has 2 aromatic heterocycles. The van der Waals surface area contributed by atoms with Crippen molar-refractivity contribution in [1.82, 2.24) is 9.97 Å². The highest BCUT2D eigenvalue weighted by Crippen LogP contribution is 2.30. The minimum atomic E-state index is 0.248. The molecule has 3 heterocycles. The van der Waals surface area contributed by atoms with Gasteiger partial charge in [-0.15, -0.1) is 0 Å². The van der Waals surface area contributed by atoms with Crippen molar-refractivity contribution in [3.63, 3.8) is 0 Å².